The summed E-state index contributed by atoms with van der Waals surface area (Å²) in [5.41, 5.74) is 1.46. The molecular formula is C18H22N2O3. The molecule has 4 rings (SSSR count). The van der Waals surface area contributed by atoms with Crippen molar-refractivity contribution in [3.63, 3.8) is 0 Å². The lowest BCUT2D eigenvalue weighted by Gasteiger charge is -2.25. The number of hydrogen-bond donors (Lipinski definition) is 1. The van der Waals surface area contributed by atoms with E-state index >= 15 is 0 Å². The van der Waals surface area contributed by atoms with Gasteiger partial charge in [0.15, 0.2) is 0 Å². The van der Waals surface area contributed by atoms with Crippen LogP contribution in [0.25, 0.3) is 11.0 Å². The molecule has 0 unspecified atom stereocenters. The summed E-state index contributed by atoms with van der Waals surface area (Å²) in [4.78, 5) is 16.9. The molecule has 23 heavy (non-hydrogen) atoms. The standard InChI is InChI=1S/C18H22N2O3/c1-12-8-14-9-13(4-5-17(14)23-12)18(22)20-10-15(16(21)11-20)19-6-2-3-7-19/h4-5,8-9,15-16,21H,2-3,6-7,10-11H2,1H3/t15-,16-/m1/s1. The summed E-state index contributed by atoms with van der Waals surface area (Å²) < 4.78 is 5.56. The van der Waals surface area contributed by atoms with Crippen LogP contribution in [0.2, 0.25) is 0 Å². The lowest BCUT2D eigenvalue weighted by molar-refractivity contribution is 0.0763. The molecule has 1 aromatic heterocycles. The van der Waals surface area contributed by atoms with E-state index in [2.05, 4.69) is 4.90 Å². The summed E-state index contributed by atoms with van der Waals surface area (Å²) in [5, 5.41) is 11.3. The van der Waals surface area contributed by atoms with Gasteiger partial charge in [0.1, 0.15) is 11.3 Å². The normalized spacial score (nSPS) is 25.6. The summed E-state index contributed by atoms with van der Waals surface area (Å²) in [6.07, 6.45) is 1.93. The van der Waals surface area contributed by atoms with Crippen LogP contribution < -0.4 is 0 Å². The van der Waals surface area contributed by atoms with Crippen molar-refractivity contribution in [1.29, 1.82) is 0 Å². The van der Waals surface area contributed by atoms with E-state index in [0.29, 0.717) is 18.7 Å². The van der Waals surface area contributed by atoms with Gasteiger partial charge in [0.2, 0.25) is 0 Å². The van der Waals surface area contributed by atoms with E-state index in [0.717, 1.165) is 29.8 Å². The maximum absolute atomic E-state index is 12.8. The number of β-amino-alcohol motifs (C(OH)–C–C–N with tert-alkyl or cyclic N) is 1. The minimum Gasteiger partial charge on any atom is -0.461 e. The average molecular weight is 314 g/mol. The largest absolute Gasteiger partial charge is 0.461 e. The Labute approximate surface area is 135 Å². The van der Waals surface area contributed by atoms with Crippen molar-refractivity contribution >= 4 is 16.9 Å². The average Bonchev–Trinajstić information content (AvgIpc) is 3.23. The van der Waals surface area contributed by atoms with Gasteiger partial charge in [-0.2, -0.15) is 0 Å². The van der Waals surface area contributed by atoms with Crippen LogP contribution in [-0.4, -0.2) is 59.1 Å². The summed E-state index contributed by atoms with van der Waals surface area (Å²) in [5.74, 6) is 0.835. The number of carbonyl (C=O) groups is 1. The van der Waals surface area contributed by atoms with Crippen molar-refractivity contribution in [2.45, 2.75) is 31.9 Å². The second-order valence-electron chi connectivity index (χ2n) is 6.70. The van der Waals surface area contributed by atoms with Gasteiger partial charge >= 0.3 is 0 Å². The molecule has 0 bridgehead atoms. The fraction of sp³-hybridized carbons (Fsp3) is 0.500. The Morgan fingerprint density at radius 1 is 1.22 bits per heavy atom. The fourth-order valence-corrected chi connectivity index (χ4v) is 3.86. The summed E-state index contributed by atoms with van der Waals surface area (Å²) in [6.45, 7) is 5.00. The molecule has 2 fully saturated rings. The molecule has 2 aliphatic rings. The van der Waals surface area contributed by atoms with E-state index in [1.807, 2.05) is 31.2 Å². The molecule has 3 heterocycles. The number of aliphatic hydroxyl groups is 1. The van der Waals surface area contributed by atoms with Crippen molar-refractivity contribution in [3.8, 4) is 0 Å². The first-order valence-corrected chi connectivity index (χ1v) is 8.33. The molecule has 122 valence electrons. The van der Waals surface area contributed by atoms with Crippen molar-refractivity contribution in [2.75, 3.05) is 26.2 Å². The maximum Gasteiger partial charge on any atom is 0.254 e. The predicted molar refractivity (Wildman–Crippen MR) is 87.5 cm³/mol. The van der Waals surface area contributed by atoms with Gasteiger partial charge in [0, 0.05) is 24.0 Å². The molecule has 0 spiro atoms. The molecule has 1 amide bonds. The molecule has 0 aliphatic carbocycles. The van der Waals surface area contributed by atoms with Gasteiger partial charge in [-0.15, -0.1) is 0 Å². The van der Waals surface area contributed by atoms with Crippen LogP contribution >= 0.6 is 0 Å². The third-order valence-electron chi connectivity index (χ3n) is 5.04. The molecular weight excluding hydrogens is 292 g/mol. The summed E-state index contributed by atoms with van der Waals surface area (Å²) in [7, 11) is 0. The first-order valence-electron chi connectivity index (χ1n) is 8.33. The Hall–Kier alpha value is -1.85. The molecule has 1 aromatic carbocycles. The van der Waals surface area contributed by atoms with Gasteiger partial charge in [0.25, 0.3) is 5.91 Å². The molecule has 2 saturated heterocycles. The van der Waals surface area contributed by atoms with Crippen molar-refractivity contribution in [2.24, 2.45) is 0 Å². The molecule has 0 saturated carbocycles. The van der Waals surface area contributed by atoms with E-state index < -0.39 is 6.10 Å². The fourth-order valence-electron chi connectivity index (χ4n) is 3.86. The summed E-state index contributed by atoms with van der Waals surface area (Å²) >= 11 is 0. The number of aryl methyl sites for hydroxylation is 1. The molecule has 5 heteroatoms. The Morgan fingerprint density at radius 3 is 2.78 bits per heavy atom. The number of benzene rings is 1. The lowest BCUT2D eigenvalue weighted by atomic mass is 10.1. The first-order chi connectivity index (χ1) is 11.1. The van der Waals surface area contributed by atoms with Gasteiger partial charge in [-0.1, -0.05) is 0 Å². The number of nitrogens with zero attached hydrogens (tertiary/aromatic N) is 2. The number of amides is 1. The number of carbonyl (C=O) groups excluding carboxylic acids is 1. The Bertz CT molecular complexity index is 733. The van der Waals surface area contributed by atoms with Crippen LogP contribution in [0.3, 0.4) is 0 Å². The highest BCUT2D eigenvalue weighted by atomic mass is 16.3. The Morgan fingerprint density at radius 2 is 2.00 bits per heavy atom. The van der Waals surface area contributed by atoms with Crippen LogP contribution in [0, 0.1) is 6.92 Å². The third-order valence-corrected chi connectivity index (χ3v) is 5.04. The van der Waals surface area contributed by atoms with Crippen molar-refractivity contribution in [3.05, 3.63) is 35.6 Å². The maximum atomic E-state index is 12.8. The predicted octanol–water partition coefficient (Wildman–Crippen LogP) is 2.02. The second-order valence-corrected chi connectivity index (χ2v) is 6.70. The number of hydrogen-bond acceptors (Lipinski definition) is 4. The van der Waals surface area contributed by atoms with Gasteiger partial charge in [0.05, 0.1) is 12.1 Å². The lowest BCUT2D eigenvalue weighted by Crippen LogP contribution is -2.41. The van der Waals surface area contributed by atoms with Crippen LogP contribution in [0.15, 0.2) is 28.7 Å². The van der Waals surface area contributed by atoms with E-state index in [1.54, 1.807) is 4.90 Å². The highest BCUT2D eigenvalue weighted by molar-refractivity contribution is 5.98. The minimum absolute atomic E-state index is 0.00787. The zero-order chi connectivity index (χ0) is 16.0. The molecule has 0 radical (unpaired) electrons. The number of furan rings is 1. The molecule has 2 aromatic rings. The zero-order valence-electron chi connectivity index (χ0n) is 13.4. The topological polar surface area (TPSA) is 56.9 Å². The number of rotatable bonds is 2. The quantitative estimate of drug-likeness (QED) is 0.921. The Kier molecular flexibility index (Phi) is 3.62. The van der Waals surface area contributed by atoms with Crippen LogP contribution in [0.4, 0.5) is 0 Å². The van der Waals surface area contributed by atoms with Gasteiger partial charge in [-0.25, -0.2) is 0 Å². The van der Waals surface area contributed by atoms with Crippen LogP contribution in [0.5, 0.6) is 0 Å². The first kappa shape index (κ1) is 14.7. The van der Waals surface area contributed by atoms with E-state index in [1.165, 1.54) is 12.8 Å². The van der Waals surface area contributed by atoms with Gasteiger partial charge in [-0.05, 0) is 57.1 Å². The second kappa shape index (κ2) is 5.65. The van der Waals surface area contributed by atoms with Gasteiger partial charge in [-0.3, -0.25) is 9.69 Å². The van der Waals surface area contributed by atoms with Crippen molar-refractivity contribution in [1.82, 2.24) is 9.80 Å². The van der Waals surface area contributed by atoms with Crippen LogP contribution in [-0.2, 0) is 0 Å². The third kappa shape index (κ3) is 2.64. The van der Waals surface area contributed by atoms with Crippen LogP contribution in [0.1, 0.15) is 29.0 Å². The number of likely N-dealkylation sites (tertiary alicyclic amines) is 2. The van der Waals surface area contributed by atoms with E-state index in [4.69, 9.17) is 4.42 Å². The zero-order valence-corrected chi connectivity index (χ0v) is 13.4. The molecule has 5 nitrogen and oxygen atoms in total. The highest BCUT2D eigenvalue weighted by Gasteiger charge is 2.38. The van der Waals surface area contributed by atoms with Gasteiger partial charge < -0.3 is 14.4 Å². The SMILES string of the molecule is Cc1cc2cc(C(=O)N3C[C@@H](O)[C@H](N4CCCC4)C3)ccc2o1. The van der Waals surface area contributed by atoms with Crippen molar-refractivity contribution < 1.29 is 14.3 Å². The minimum atomic E-state index is -0.447. The highest BCUT2D eigenvalue weighted by Crippen LogP contribution is 2.24. The van der Waals surface area contributed by atoms with E-state index in [-0.39, 0.29) is 11.9 Å². The summed E-state index contributed by atoms with van der Waals surface area (Å²) in [6, 6.07) is 7.56. The Balaban J connectivity index is 1.53. The number of aliphatic hydroxyl groups excluding tert-OH is 1. The van der Waals surface area contributed by atoms with E-state index in [9.17, 15) is 9.90 Å². The molecule has 2 atom stereocenters. The monoisotopic (exact) mass is 314 g/mol. The number of fused-ring (bicyclic) bond motifs is 1. The molecule has 1 N–H and O–H groups in total. The smallest absolute Gasteiger partial charge is 0.254 e. The molecule has 2 aliphatic heterocycles.